The Morgan fingerprint density at radius 3 is 2.60 bits per heavy atom. The molecule has 0 aromatic heterocycles. The number of piperidine rings is 1. The fourth-order valence-electron chi connectivity index (χ4n) is 4.90. The van der Waals surface area contributed by atoms with E-state index in [1.807, 2.05) is 0 Å². The summed E-state index contributed by atoms with van der Waals surface area (Å²) in [6.07, 6.45) is 11.1. The van der Waals surface area contributed by atoms with Crippen LogP contribution in [0, 0.1) is 17.8 Å². The van der Waals surface area contributed by atoms with Crippen LogP contribution in [-0.2, 0) is 4.84 Å². The Hall–Kier alpha value is -0.280. The third kappa shape index (κ3) is 2.71. The molecule has 2 aliphatic heterocycles. The molecule has 0 N–H and O–H groups in total. The third-order valence-electron chi connectivity index (χ3n) is 6.02. The maximum Gasteiger partial charge on any atom is 0.106 e. The van der Waals surface area contributed by atoms with Gasteiger partial charge < -0.3 is 4.84 Å². The van der Waals surface area contributed by atoms with Gasteiger partial charge in [-0.3, -0.25) is 4.90 Å². The van der Waals surface area contributed by atoms with Crippen LogP contribution in [0.1, 0.15) is 44.9 Å². The van der Waals surface area contributed by atoms with Gasteiger partial charge in [-0.1, -0.05) is 5.16 Å². The Labute approximate surface area is 127 Å². The van der Waals surface area contributed by atoms with E-state index >= 15 is 0 Å². The first-order valence-electron chi connectivity index (χ1n) is 8.13. The molecule has 3 fully saturated rings. The number of oxime groups is 1. The molecule has 1 aliphatic carbocycles. The number of hydrogen-bond acceptors (Lipinski definition) is 3. The molecule has 0 amide bonds. The van der Waals surface area contributed by atoms with E-state index in [1.165, 1.54) is 44.9 Å². The normalized spacial score (nSPS) is 46.0. The monoisotopic (exact) mass is 298 g/mol. The summed E-state index contributed by atoms with van der Waals surface area (Å²) in [4.78, 5) is 7.56. The smallest absolute Gasteiger partial charge is 0.106 e. The lowest BCUT2D eigenvalue weighted by molar-refractivity contribution is 0.0581. The number of nitrogens with zero attached hydrogens (tertiary/aromatic N) is 2. The number of hydrogen-bond donors (Lipinski definition) is 0. The van der Waals surface area contributed by atoms with E-state index < -0.39 is 0 Å². The average molecular weight is 299 g/mol. The van der Waals surface area contributed by atoms with Crippen molar-refractivity contribution < 1.29 is 4.84 Å². The third-order valence-corrected chi connectivity index (χ3v) is 6.46. The van der Waals surface area contributed by atoms with Crippen molar-refractivity contribution in [3.8, 4) is 0 Å². The largest absolute Gasteiger partial charge is 0.399 e. The summed E-state index contributed by atoms with van der Waals surface area (Å²) in [7, 11) is 3.94. The molecular formula is C16H27ClN2O. The first-order valence-corrected chi connectivity index (χ1v) is 8.57. The molecule has 0 aromatic carbocycles. The number of alkyl halides is 1. The Morgan fingerprint density at radius 1 is 1.15 bits per heavy atom. The van der Waals surface area contributed by atoms with Crippen molar-refractivity contribution in [1.82, 2.24) is 4.90 Å². The molecule has 2 unspecified atom stereocenters. The average Bonchev–Trinajstić information content (AvgIpc) is 2.71. The molecule has 3 nitrogen and oxygen atoms in total. The van der Waals surface area contributed by atoms with Crippen molar-refractivity contribution in [2.45, 2.75) is 62.4 Å². The lowest BCUT2D eigenvalue weighted by Gasteiger charge is -2.45. The zero-order valence-corrected chi connectivity index (χ0v) is 13.4. The van der Waals surface area contributed by atoms with Crippen molar-refractivity contribution in [2.24, 2.45) is 22.9 Å². The second kappa shape index (κ2) is 6.23. The van der Waals surface area contributed by atoms with E-state index in [2.05, 4.69) is 23.3 Å². The van der Waals surface area contributed by atoms with Gasteiger partial charge in [0.15, 0.2) is 0 Å². The van der Waals surface area contributed by atoms with Crippen LogP contribution in [0.4, 0.5) is 0 Å². The summed E-state index contributed by atoms with van der Waals surface area (Å²) in [5, 5.41) is 4.55. The molecule has 2 saturated heterocycles. The quantitative estimate of drug-likeness (QED) is 0.452. The standard InChI is InChI=1S/C16H27ClN2O/c1-19-13-7-8-16(19)15(10-18-20-2)14(9-13)11-3-5-12(17)6-4-11/h10-16H,3-9H2,1-2H3/b18-10+/t11?,12?,13-,14-,15?,16?/m1/s1. The number of fused-ring (bicyclic) bond motifs is 2. The highest BCUT2D eigenvalue weighted by molar-refractivity contribution is 6.20. The van der Waals surface area contributed by atoms with Crippen LogP contribution < -0.4 is 0 Å². The first-order chi connectivity index (χ1) is 9.70. The van der Waals surface area contributed by atoms with Crippen LogP contribution in [0.2, 0.25) is 0 Å². The maximum atomic E-state index is 6.28. The van der Waals surface area contributed by atoms with Crippen LogP contribution in [0.3, 0.4) is 0 Å². The highest BCUT2D eigenvalue weighted by Crippen LogP contribution is 2.47. The van der Waals surface area contributed by atoms with Crippen molar-refractivity contribution in [3.05, 3.63) is 0 Å². The zero-order chi connectivity index (χ0) is 14.1. The molecule has 2 bridgehead atoms. The number of rotatable bonds is 3. The Bertz CT molecular complexity index is 354. The van der Waals surface area contributed by atoms with Crippen molar-refractivity contribution in [1.29, 1.82) is 0 Å². The fraction of sp³-hybridized carbons (Fsp3) is 0.938. The van der Waals surface area contributed by atoms with Gasteiger partial charge >= 0.3 is 0 Å². The molecule has 0 aromatic rings. The van der Waals surface area contributed by atoms with Gasteiger partial charge in [0, 0.05) is 29.6 Å². The molecule has 4 atom stereocenters. The van der Waals surface area contributed by atoms with E-state index in [9.17, 15) is 0 Å². The van der Waals surface area contributed by atoms with Gasteiger partial charge in [0.2, 0.25) is 0 Å². The fourth-order valence-corrected chi connectivity index (χ4v) is 5.15. The lowest BCUT2D eigenvalue weighted by atomic mass is 9.69. The predicted octanol–water partition coefficient (Wildman–Crippen LogP) is 3.52. The minimum absolute atomic E-state index is 0.417. The topological polar surface area (TPSA) is 24.8 Å². The molecule has 1 saturated carbocycles. The van der Waals surface area contributed by atoms with Gasteiger partial charge in [0.25, 0.3) is 0 Å². The highest BCUT2D eigenvalue weighted by atomic mass is 35.5. The van der Waals surface area contributed by atoms with Gasteiger partial charge in [-0.25, -0.2) is 0 Å². The summed E-state index contributed by atoms with van der Waals surface area (Å²) in [6.45, 7) is 0. The maximum absolute atomic E-state index is 6.28. The Balaban J connectivity index is 1.75. The summed E-state index contributed by atoms with van der Waals surface area (Å²) in [6, 6.07) is 1.47. The van der Waals surface area contributed by atoms with Gasteiger partial charge in [0.1, 0.15) is 7.11 Å². The van der Waals surface area contributed by atoms with Gasteiger partial charge in [-0.05, 0) is 63.8 Å². The minimum atomic E-state index is 0.417. The van der Waals surface area contributed by atoms with E-state index in [1.54, 1.807) is 7.11 Å². The highest BCUT2D eigenvalue weighted by Gasteiger charge is 2.47. The van der Waals surface area contributed by atoms with Crippen LogP contribution in [-0.4, -0.2) is 42.7 Å². The molecule has 2 heterocycles. The number of halogens is 1. The molecule has 20 heavy (non-hydrogen) atoms. The van der Waals surface area contributed by atoms with Gasteiger partial charge in [-0.15, -0.1) is 11.6 Å². The SMILES string of the molecule is CO/N=C/C1C2CC[C@H](C[C@@H]1C1CCC(Cl)CC1)N2C. The van der Waals surface area contributed by atoms with Crippen LogP contribution in [0.25, 0.3) is 0 Å². The predicted molar refractivity (Wildman–Crippen MR) is 83.3 cm³/mol. The summed E-state index contributed by atoms with van der Waals surface area (Å²) < 4.78 is 0. The molecule has 0 radical (unpaired) electrons. The molecule has 4 heteroatoms. The summed E-state index contributed by atoms with van der Waals surface area (Å²) in [5.41, 5.74) is 0. The Morgan fingerprint density at radius 2 is 1.90 bits per heavy atom. The van der Waals surface area contributed by atoms with Crippen LogP contribution >= 0.6 is 11.6 Å². The van der Waals surface area contributed by atoms with E-state index in [4.69, 9.17) is 16.4 Å². The van der Waals surface area contributed by atoms with E-state index in [-0.39, 0.29) is 0 Å². The Kier molecular flexibility index (Phi) is 4.56. The minimum Gasteiger partial charge on any atom is -0.399 e. The summed E-state index contributed by atoms with van der Waals surface area (Å²) in [5.74, 6) is 2.19. The van der Waals surface area contributed by atoms with Crippen LogP contribution in [0.5, 0.6) is 0 Å². The van der Waals surface area contributed by atoms with E-state index in [0.29, 0.717) is 17.3 Å². The van der Waals surface area contributed by atoms with Crippen LogP contribution in [0.15, 0.2) is 5.16 Å². The molecular weight excluding hydrogens is 272 g/mol. The molecule has 0 spiro atoms. The van der Waals surface area contributed by atoms with E-state index in [0.717, 1.165) is 17.9 Å². The van der Waals surface area contributed by atoms with Crippen molar-refractivity contribution >= 4 is 17.8 Å². The molecule has 3 rings (SSSR count). The molecule has 3 aliphatic rings. The van der Waals surface area contributed by atoms with Gasteiger partial charge in [-0.2, -0.15) is 0 Å². The van der Waals surface area contributed by atoms with Gasteiger partial charge in [0.05, 0.1) is 0 Å². The second-order valence-corrected chi connectivity index (χ2v) is 7.51. The second-order valence-electron chi connectivity index (χ2n) is 6.89. The zero-order valence-electron chi connectivity index (χ0n) is 12.7. The van der Waals surface area contributed by atoms with Crippen molar-refractivity contribution in [2.75, 3.05) is 14.2 Å². The lowest BCUT2D eigenvalue weighted by Crippen LogP contribution is -2.49. The first kappa shape index (κ1) is 14.6. The molecule has 114 valence electrons. The summed E-state index contributed by atoms with van der Waals surface area (Å²) >= 11 is 6.28. The van der Waals surface area contributed by atoms with Crippen molar-refractivity contribution in [3.63, 3.8) is 0 Å².